The van der Waals surface area contributed by atoms with E-state index in [0.29, 0.717) is 39.4 Å². The lowest BCUT2D eigenvalue weighted by Gasteiger charge is -2.19. The Morgan fingerprint density at radius 1 is 0.765 bits per heavy atom. The topological polar surface area (TPSA) is 29.8 Å². The number of benzene rings is 3. The summed E-state index contributed by atoms with van der Waals surface area (Å²) in [5.41, 5.74) is 0.136. The van der Waals surface area contributed by atoms with Crippen LogP contribution in [0.25, 0.3) is 22.0 Å². The van der Waals surface area contributed by atoms with Crippen molar-refractivity contribution in [3.63, 3.8) is 0 Å². The van der Waals surface area contributed by atoms with E-state index >= 15 is 0 Å². The number of aromatic nitrogens is 1. The van der Waals surface area contributed by atoms with Crippen molar-refractivity contribution in [3.8, 4) is 0 Å². The van der Waals surface area contributed by atoms with Crippen molar-refractivity contribution in [2.45, 2.75) is 12.4 Å². The molecule has 1 aliphatic rings. The predicted octanol–water partition coefficient (Wildman–Crippen LogP) is 2.97. The number of allylic oxidation sites excluding steroid dienone is 1. The summed E-state index contributed by atoms with van der Waals surface area (Å²) in [5.74, 6) is 0. The fourth-order valence-corrected chi connectivity index (χ4v) is 4.17. The zero-order valence-electron chi connectivity index (χ0n) is 17.2. The zero-order valence-corrected chi connectivity index (χ0v) is 17.9. The molecule has 5 rings (SSSR count). The molecule has 1 aliphatic heterocycles. The number of hydrogen-bond donors (Lipinski definition) is 2. The van der Waals surface area contributed by atoms with Gasteiger partial charge in [0, 0.05) is 34.3 Å². The van der Waals surface area contributed by atoms with Gasteiger partial charge in [0.15, 0.2) is 6.21 Å². The van der Waals surface area contributed by atoms with E-state index in [2.05, 4.69) is 9.98 Å². The van der Waals surface area contributed by atoms with Gasteiger partial charge in [-0.1, -0.05) is 36.4 Å². The van der Waals surface area contributed by atoms with E-state index in [-0.39, 0.29) is 29.6 Å². The Morgan fingerprint density at radius 3 is 2.21 bits per heavy atom. The van der Waals surface area contributed by atoms with Crippen LogP contribution in [0.5, 0.6) is 0 Å². The van der Waals surface area contributed by atoms with Crippen molar-refractivity contribution < 1.29 is 43.7 Å². The minimum Gasteiger partial charge on any atom is -1.00 e. The number of H-pyrrole nitrogens is 1. The van der Waals surface area contributed by atoms with Gasteiger partial charge in [-0.15, -0.1) is 0 Å². The Balaban J connectivity index is 0.00000274. The molecule has 2 heterocycles. The average molecular weight is 493 g/mol. The first-order chi connectivity index (χ1) is 15.6. The molecule has 0 aliphatic carbocycles. The highest BCUT2D eigenvalue weighted by Gasteiger charge is 2.40. The summed E-state index contributed by atoms with van der Waals surface area (Å²) in [5, 5.41) is 0.658. The number of nitrogens with one attached hydrogen (secondary N) is 2. The Labute approximate surface area is 196 Å². The molecule has 0 bridgehead atoms. The van der Waals surface area contributed by atoms with E-state index in [4.69, 9.17) is 0 Å². The van der Waals surface area contributed by atoms with Crippen molar-refractivity contribution in [1.82, 2.24) is 4.98 Å². The number of alkyl halides is 6. The molecule has 0 radical (unpaired) electrons. The monoisotopic (exact) mass is 492 g/mol. The van der Waals surface area contributed by atoms with Crippen molar-refractivity contribution in [3.05, 3.63) is 101 Å². The number of hydrogen-bond acceptors (Lipinski definition) is 0. The van der Waals surface area contributed by atoms with E-state index in [1.54, 1.807) is 60.9 Å². The van der Waals surface area contributed by atoms with Crippen LogP contribution in [0.2, 0.25) is 0 Å². The second kappa shape index (κ2) is 8.36. The second-order valence-electron chi connectivity index (χ2n) is 7.63. The molecular weight excluding hydrogens is 478 g/mol. The summed E-state index contributed by atoms with van der Waals surface area (Å²) in [6.07, 6.45) is -6.74. The summed E-state index contributed by atoms with van der Waals surface area (Å²) in [6, 6.07) is 15.9. The molecule has 0 amide bonds. The van der Waals surface area contributed by atoms with Gasteiger partial charge in [-0.2, -0.15) is 26.3 Å². The molecule has 3 aromatic carbocycles. The number of rotatable bonds is 2. The van der Waals surface area contributed by atoms with E-state index < -0.39 is 23.5 Å². The van der Waals surface area contributed by atoms with Crippen LogP contribution in [-0.2, 0) is 12.4 Å². The molecule has 0 saturated carbocycles. The van der Waals surface area contributed by atoms with Crippen LogP contribution in [0.4, 0.5) is 32.0 Å². The number of fused-ring (bicyclic) bond motifs is 2. The number of aromatic amines is 1. The van der Waals surface area contributed by atoms with E-state index in [9.17, 15) is 26.3 Å². The standard InChI is InChI=1S/C25H14F6N2.ClH/c26-24(27,28)14-9-10-17(20(11-14)25(29,30)31)23(18-12-32-21-7-3-1-5-15(18)21)19-13-33-22-8-4-2-6-16(19)22;/h1-13,32H;1H. The van der Waals surface area contributed by atoms with Crippen LogP contribution in [0, 0.1) is 0 Å². The highest BCUT2D eigenvalue weighted by atomic mass is 35.5. The van der Waals surface area contributed by atoms with Gasteiger partial charge in [-0.3, -0.25) is 0 Å². The van der Waals surface area contributed by atoms with Crippen molar-refractivity contribution in [2.75, 3.05) is 0 Å². The maximum absolute atomic E-state index is 14.1. The predicted molar refractivity (Wildman–Crippen MR) is 114 cm³/mol. The molecule has 2 N–H and O–H groups in total. The molecule has 2 nitrogen and oxygen atoms in total. The molecule has 9 heteroatoms. The average Bonchev–Trinajstić information content (AvgIpc) is 3.38. The first kappa shape index (κ1) is 23.6. The lowest BCUT2D eigenvalue weighted by molar-refractivity contribution is -0.342. The molecule has 4 aromatic rings. The van der Waals surface area contributed by atoms with Gasteiger partial charge in [0.1, 0.15) is 0 Å². The molecule has 0 unspecified atom stereocenters. The first-order valence-electron chi connectivity index (χ1n) is 9.93. The van der Waals surface area contributed by atoms with Gasteiger partial charge in [-0.25, -0.2) is 4.99 Å². The molecule has 34 heavy (non-hydrogen) atoms. The van der Waals surface area contributed by atoms with E-state index in [1.165, 1.54) is 0 Å². The summed E-state index contributed by atoms with van der Waals surface area (Å²) in [7, 11) is 0. The van der Waals surface area contributed by atoms with Crippen LogP contribution in [0.3, 0.4) is 0 Å². The number of halogens is 7. The zero-order chi connectivity index (χ0) is 23.4. The largest absolute Gasteiger partial charge is 1.00 e. The summed E-state index contributed by atoms with van der Waals surface area (Å²) in [6.45, 7) is 0. The maximum atomic E-state index is 14.1. The summed E-state index contributed by atoms with van der Waals surface area (Å²) in [4.78, 5) is 6.10. The molecule has 0 fully saturated rings. The second-order valence-corrected chi connectivity index (χ2v) is 7.63. The van der Waals surface area contributed by atoms with Crippen LogP contribution < -0.4 is 17.4 Å². The molecule has 1 aromatic heterocycles. The Kier molecular flexibility index (Phi) is 5.81. The normalized spacial score (nSPS) is 14.8. The summed E-state index contributed by atoms with van der Waals surface area (Å²) < 4.78 is 82.1. The van der Waals surface area contributed by atoms with E-state index in [0.717, 1.165) is 6.07 Å². The van der Waals surface area contributed by atoms with Gasteiger partial charge >= 0.3 is 12.4 Å². The van der Waals surface area contributed by atoms with Crippen molar-refractivity contribution in [1.29, 1.82) is 0 Å². The van der Waals surface area contributed by atoms with Crippen molar-refractivity contribution in [2.24, 2.45) is 0 Å². The van der Waals surface area contributed by atoms with Crippen molar-refractivity contribution >= 4 is 34.0 Å². The molecule has 0 spiro atoms. The first-order valence-corrected chi connectivity index (χ1v) is 9.93. The molecular formula is C25H15ClF6N2. The van der Waals surface area contributed by atoms with Gasteiger partial charge in [0.05, 0.1) is 22.3 Å². The molecule has 174 valence electrons. The minimum absolute atomic E-state index is 0. The quantitative estimate of drug-likeness (QED) is 0.403. The highest BCUT2D eigenvalue weighted by Crippen LogP contribution is 2.44. The number of para-hydroxylation sites is 2. The van der Waals surface area contributed by atoms with E-state index in [1.807, 2.05) is 0 Å². The minimum atomic E-state index is -5.00. The third-order valence-corrected chi connectivity index (χ3v) is 5.64. The van der Waals surface area contributed by atoms with Crippen LogP contribution in [0.15, 0.2) is 72.9 Å². The van der Waals surface area contributed by atoms with Gasteiger partial charge in [0.2, 0.25) is 5.69 Å². The Morgan fingerprint density at radius 2 is 1.47 bits per heavy atom. The smallest absolute Gasteiger partial charge is 0.417 e. The lowest BCUT2D eigenvalue weighted by atomic mass is 9.86. The fraction of sp³-hybridized carbons (Fsp3) is 0.0800. The SMILES string of the molecule is FC(F)(F)c1ccc(C(=C2C=[NH+]c3ccccc32)c2c[nH]c3ccccc23)c(C(F)(F)F)c1.[Cl-]. The van der Waals surface area contributed by atoms with Crippen LogP contribution >= 0.6 is 0 Å². The third kappa shape index (κ3) is 3.98. The molecule has 0 saturated heterocycles. The van der Waals surface area contributed by atoms with Gasteiger partial charge in [0.25, 0.3) is 0 Å². The Bertz CT molecular complexity index is 1440. The molecule has 0 atom stereocenters. The van der Waals surface area contributed by atoms with Crippen LogP contribution in [-0.4, -0.2) is 11.2 Å². The maximum Gasteiger partial charge on any atom is 0.417 e. The third-order valence-electron chi connectivity index (χ3n) is 5.64. The summed E-state index contributed by atoms with van der Waals surface area (Å²) >= 11 is 0. The van der Waals surface area contributed by atoms with Gasteiger partial charge < -0.3 is 17.4 Å². The van der Waals surface area contributed by atoms with Gasteiger partial charge in [-0.05, 0) is 29.8 Å². The highest BCUT2D eigenvalue weighted by molar-refractivity contribution is 6.25. The Hall–Kier alpha value is -3.52. The van der Waals surface area contributed by atoms with Crippen LogP contribution in [0.1, 0.15) is 27.8 Å². The fourth-order valence-electron chi connectivity index (χ4n) is 4.17. The lowest BCUT2D eigenvalue weighted by Crippen LogP contribution is -3.00.